The zero-order valence-electron chi connectivity index (χ0n) is 13.6. The molecule has 0 atom stereocenters. The molecule has 133 valence electrons. The van der Waals surface area contributed by atoms with Crippen molar-refractivity contribution >= 4 is 17.9 Å². The van der Waals surface area contributed by atoms with Crippen molar-refractivity contribution in [2.45, 2.75) is 78.6 Å². The second kappa shape index (κ2) is 25.6. The second-order valence-electron chi connectivity index (χ2n) is 4.43. The third-order valence-corrected chi connectivity index (χ3v) is 2.20. The smallest absolute Gasteiger partial charge is 0.550 e. The average molecular weight is 466 g/mol. The fourth-order valence-corrected chi connectivity index (χ4v) is 0.963. The number of carboxylic acid groups (broad SMARTS) is 3. The Hall–Kier alpha value is -0.317. The van der Waals surface area contributed by atoms with Crippen LogP contribution in [0.25, 0.3) is 0 Å². The van der Waals surface area contributed by atoms with Gasteiger partial charge in [-0.1, -0.05) is 40.0 Å². The van der Waals surface area contributed by atoms with Gasteiger partial charge in [0, 0.05) is 17.9 Å². The summed E-state index contributed by atoms with van der Waals surface area (Å²) in [5.74, 6) is -2.83. The van der Waals surface area contributed by atoms with Gasteiger partial charge in [-0.3, -0.25) is 0 Å². The third-order valence-electron chi connectivity index (χ3n) is 2.20. The van der Waals surface area contributed by atoms with Gasteiger partial charge < -0.3 is 29.7 Å². The number of carboxylic acids is 3. The van der Waals surface area contributed by atoms with Gasteiger partial charge in [-0.15, -0.1) is 0 Å². The van der Waals surface area contributed by atoms with Crippen LogP contribution in [0.2, 0.25) is 0 Å². The Morgan fingerprint density at radius 1 is 0.591 bits per heavy atom. The predicted octanol–water partition coefficient (Wildman–Crippen LogP) is -0.220. The number of rotatable bonds is 9. The van der Waals surface area contributed by atoms with E-state index in [-0.39, 0.29) is 57.4 Å². The molecule has 0 N–H and O–H groups in total. The Labute approximate surface area is 163 Å². The summed E-state index contributed by atoms with van der Waals surface area (Å²) in [6.07, 6.45) is 5.60. The van der Waals surface area contributed by atoms with E-state index in [1.54, 1.807) is 0 Å². The molecule has 0 aromatic heterocycles. The third kappa shape index (κ3) is 50.3. The van der Waals surface area contributed by atoms with E-state index >= 15 is 0 Å². The summed E-state index contributed by atoms with van der Waals surface area (Å²) in [5.41, 5.74) is 0. The summed E-state index contributed by atoms with van der Waals surface area (Å²) in [7, 11) is 0. The molecule has 0 spiro atoms. The molecule has 0 saturated heterocycles. The topological polar surface area (TPSA) is 120 Å². The van der Waals surface area contributed by atoms with E-state index in [4.69, 9.17) is 0 Å². The largest absolute Gasteiger partial charge is 3.00 e. The van der Waals surface area contributed by atoms with E-state index in [1.165, 1.54) is 0 Å². The van der Waals surface area contributed by atoms with Crippen molar-refractivity contribution in [2.75, 3.05) is 0 Å². The molecule has 0 bridgehead atoms. The van der Waals surface area contributed by atoms with Crippen molar-refractivity contribution in [1.29, 1.82) is 0 Å². The van der Waals surface area contributed by atoms with Crippen molar-refractivity contribution in [2.24, 2.45) is 0 Å². The average Bonchev–Trinajstić information content (AvgIpc) is 2.41. The van der Waals surface area contributed by atoms with Crippen LogP contribution in [0.15, 0.2) is 0 Å². The van der Waals surface area contributed by atoms with Crippen LogP contribution in [-0.2, 0) is 14.4 Å². The summed E-state index contributed by atoms with van der Waals surface area (Å²) in [6, 6.07) is 0. The number of hydrogen-bond donors (Lipinski definition) is 0. The summed E-state index contributed by atoms with van der Waals surface area (Å²) in [6.45, 7) is 5.84. The maximum Gasteiger partial charge on any atom is 3.00 e. The van der Waals surface area contributed by atoms with E-state index in [0.717, 1.165) is 38.5 Å². The standard InChI is InChI=1S/3C5H10O2.Dy/c3*1-2-3-4-5(6)7;/h3*2-4H2,1H3,(H,6,7);/q;;;+3/p-3. The normalized spacial score (nSPS) is 8.32. The minimum atomic E-state index is -0.943. The van der Waals surface area contributed by atoms with Gasteiger partial charge in [0.1, 0.15) is 0 Å². The van der Waals surface area contributed by atoms with E-state index < -0.39 is 17.9 Å². The van der Waals surface area contributed by atoms with E-state index in [2.05, 4.69) is 0 Å². The molecular weight excluding hydrogens is 439 g/mol. The molecule has 0 aromatic rings. The Morgan fingerprint density at radius 2 is 0.773 bits per heavy atom. The maximum absolute atomic E-state index is 9.65. The minimum Gasteiger partial charge on any atom is -0.550 e. The van der Waals surface area contributed by atoms with Crippen LogP contribution in [-0.4, -0.2) is 17.9 Å². The molecule has 7 heteroatoms. The maximum atomic E-state index is 9.65. The number of aliphatic carboxylic acids is 3. The fourth-order valence-electron chi connectivity index (χ4n) is 0.963. The van der Waals surface area contributed by atoms with Crippen molar-refractivity contribution in [1.82, 2.24) is 0 Å². The van der Waals surface area contributed by atoms with Crippen LogP contribution in [0, 0.1) is 38.2 Å². The second-order valence-corrected chi connectivity index (χ2v) is 4.43. The molecule has 22 heavy (non-hydrogen) atoms. The fraction of sp³-hybridized carbons (Fsp3) is 0.800. The molecular formula is C15H27DyO6. The van der Waals surface area contributed by atoms with Gasteiger partial charge in [0.25, 0.3) is 0 Å². The van der Waals surface area contributed by atoms with Gasteiger partial charge in [-0.05, 0) is 38.5 Å². The van der Waals surface area contributed by atoms with Gasteiger partial charge in [-0.25, -0.2) is 0 Å². The van der Waals surface area contributed by atoms with Crippen LogP contribution in [0.5, 0.6) is 0 Å². The van der Waals surface area contributed by atoms with Crippen molar-refractivity contribution in [3.8, 4) is 0 Å². The van der Waals surface area contributed by atoms with Crippen LogP contribution < -0.4 is 15.3 Å². The molecule has 0 aliphatic carbocycles. The molecule has 0 saturated carbocycles. The zero-order chi connectivity index (χ0) is 17.1. The van der Waals surface area contributed by atoms with E-state index in [0.29, 0.717) is 0 Å². The Morgan fingerprint density at radius 3 is 0.818 bits per heavy atom. The number of unbranched alkanes of at least 4 members (excludes halogenated alkanes) is 3. The molecule has 0 unspecified atom stereocenters. The first-order valence-corrected chi connectivity index (χ1v) is 7.41. The molecule has 0 aliphatic rings. The number of hydrogen-bond acceptors (Lipinski definition) is 6. The predicted molar refractivity (Wildman–Crippen MR) is 73.6 cm³/mol. The van der Waals surface area contributed by atoms with Crippen LogP contribution in [0.4, 0.5) is 0 Å². The first kappa shape index (κ1) is 29.7. The van der Waals surface area contributed by atoms with Crippen molar-refractivity contribution < 1.29 is 67.9 Å². The van der Waals surface area contributed by atoms with Crippen LogP contribution in [0.3, 0.4) is 0 Å². The van der Waals surface area contributed by atoms with E-state index in [9.17, 15) is 29.7 Å². The Bertz CT molecular complexity index is 226. The van der Waals surface area contributed by atoms with Crippen LogP contribution >= 0.6 is 0 Å². The number of carbonyl (C=O) groups excluding carboxylic acids is 3. The number of carbonyl (C=O) groups is 3. The summed E-state index contributed by atoms with van der Waals surface area (Å²) < 4.78 is 0. The molecule has 0 fully saturated rings. The monoisotopic (exact) mass is 467 g/mol. The molecule has 0 aromatic carbocycles. The molecule has 6 nitrogen and oxygen atoms in total. The molecule has 0 heterocycles. The van der Waals surface area contributed by atoms with Crippen LogP contribution in [0.1, 0.15) is 78.6 Å². The molecule has 0 amide bonds. The molecule has 0 aliphatic heterocycles. The summed E-state index contributed by atoms with van der Waals surface area (Å²) >= 11 is 0. The Kier molecular flexibility index (Phi) is 34.6. The van der Waals surface area contributed by atoms with Gasteiger partial charge in [0.15, 0.2) is 0 Å². The van der Waals surface area contributed by atoms with E-state index in [1.807, 2.05) is 20.8 Å². The molecule has 1 radical (unpaired) electrons. The summed E-state index contributed by atoms with van der Waals surface area (Å²) in [4.78, 5) is 28.9. The first-order chi connectivity index (χ1) is 9.81. The molecule has 0 rings (SSSR count). The van der Waals surface area contributed by atoms with Crippen molar-refractivity contribution in [3.05, 3.63) is 0 Å². The quantitative estimate of drug-likeness (QED) is 0.464. The van der Waals surface area contributed by atoms with Gasteiger partial charge in [0.2, 0.25) is 0 Å². The zero-order valence-corrected chi connectivity index (χ0v) is 15.7. The van der Waals surface area contributed by atoms with Gasteiger partial charge >= 0.3 is 38.2 Å². The Balaban J connectivity index is -0.000000108. The SMILES string of the molecule is CCCCC(=O)[O-].CCCCC(=O)[O-].CCCCC(=O)[O-].[Dy+3]. The first-order valence-electron chi connectivity index (χ1n) is 7.41. The summed E-state index contributed by atoms with van der Waals surface area (Å²) in [5, 5.41) is 28.9. The van der Waals surface area contributed by atoms with Gasteiger partial charge in [-0.2, -0.15) is 0 Å². The van der Waals surface area contributed by atoms with Gasteiger partial charge in [0.05, 0.1) is 0 Å². The van der Waals surface area contributed by atoms with Crippen molar-refractivity contribution in [3.63, 3.8) is 0 Å². The minimum absolute atomic E-state index is 0.